The molecular formula is C14H18ClNO4. The van der Waals surface area contributed by atoms with Crippen molar-refractivity contribution >= 4 is 17.7 Å². The Morgan fingerprint density at radius 2 is 2.20 bits per heavy atom. The fourth-order valence-corrected chi connectivity index (χ4v) is 2.36. The van der Waals surface area contributed by atoms with Crippen LogP contribution in [0, 0.1) is 0 Å². The number of benzene rings is 1. The first-order chi connectivity index (χ1) is 9.65. The summed E-state index contributed by atoms with van der Waals surface area (Å²) >= 11 is 5.43. The number of ether oxygens (including phenoxy) is 3. The van der Waals surface area contributed by atoms with E-state index in [4.69, 9.17) is 25.8 Å². The molecule has 0 spiro atoms. The average Bonchev–Trinajstić information content (AvgIpc) is 2.87. The standard InChI is InChI=1S/C14H18ClNO4/c1-3-16(14(17)18-8-15)10(2)6-11-4-5-12-13(7-11)20-9-19-12/h4-5,7,10H,3,6,8-9H2,1-2H3/t10-/m0/s1. The Morgan fingerprint density at radius 1 is 1.45 bits per heavy atom. The first-order valence-corrected chi connectivity index (χ1v) is 7.07. The lowest BCUT2D eigenvalue weighted by Gasteiger charge is -2.27. The normalized spacial score (nSPS) is 13.9. The molecule has 1 aromatic carbocycles. The van der Waals surface area contributed by atoms with Gasteiger partial charge in [0.05, 0.1) is 0 Å². The number of fused-ring (bicyclic) bond motifs is 1. The highest BCUT2D eigenvalue weighted by Crippen LogP contribution is 2.33. The minimum atomic E-state index is -0.393. The molecule has 0 fully saturated rings. The van der Waals surface area contributed by atoms with Crippen LogP contribution in [-0.2, 0) is 11.2 Å². The van der Waals surface area contributed by atoms with Crippen molar-refractivity contribution in [3.05, 3.63) is 23.8 Å². The molecule has 2 rings (SSSR count). The molecule has 1 amide bonds. The first kappa shape index (κ1) is 14.8. The monoisotopic (exact) mass is 299 g/mol. The molecule has 1 aliphatic heterocycles. The Kier molecular flexibility index (Phi) is 4.95. The van der Waals surface area contributed by atoms with Crippen molar-refractivity contribution in [2.24, 2.45) is 0 Å². The van der Waals surface area contributed by atoms with Crippen molar-refractivity contribution in [1.29, 1.82) is 0 Å². The molecule has 1 aromatic rings. The number of nitrogens with zero attached hydrogens (tertiary/aromatic N) is 1. The number of halogens is 1. The maximum absolute atomic E-state index is 11.8. The molecule has 0 aromatic heterocycles. The summed E-state index contributed by atoms with van der Waals surface area (Å²) in [6, 6.07) is 5.68. The van der Waals surface area contributed by atoms with E-state index in [9.17, 15) is 4.79 Å². The first-order valence-electron chi connectivity index (χ1n) is 6.53. The highest BCUT2D eigenvalue weighted by Gasteiger charge is 2.21. The zero-order valence-electron chi connectivity index (χ0n) is 11.6. The average molecular weight is 300 g/mol. The van der Waals surface area contributed by atoms with Crippen LogP contribution >= 0.6 is 11.6 Å². The fraction of sp³-hybridized carbons (Fsp3) is 0.500. The molecule has 6 heteroatoms. The zero-order chi connectivity index (χ0) is 14.5. The number of alkyl halides is 1. The lowest BCUT2D eigenvalue weighted by molar-refractivity contribution is 0.105. The second kappa shape index (κ2) is 6.70. The maximum Gasteiger partial charge on any atom is 0.411 e. The lowest BCUT2D eigenvalue weighted by atomic mass is 10.1. The van der Waals surface area contributed by atoms with Gasteiger partial charge in [-0.2, -0.15) is 0 Å². The van der Waals surface area contributed by atoms with Crippen LogP contribution < -0.4 is 9.47 Å². The van der Waals surface area contributed by atoms with Crippen LogP contribution in [0.25, 0.3) is 0 Å². The van der Waals surface area contributed by atoms with Crippen LogP contribution in [0.1, 0.15) is 19.4 Å². The van der Waals surface area contributed by atoms with Crippen LogP contribution in [0.3, 0.4) is 0 Å². The minimum Gasteiger partial charge on any atom is -0.454 e. The van der Waals surface area contributed by atoms with Crippen molar-refractivity contribution in [1.82, 2.24) is 4.90 Å². The van der Waals surface area contributed by atoms with E-state index in [1.165, 1.54) is 0 Å². The van der Waals surface area contributed by atoms with Gasteiger partial charge in [0.15, 0.2) is 17.6 Å². The van der Waals surface area contributed by atoms with E-state index in [-0.39, 0.29) is 18.9 Å². The summed E-state index contributed by atoms with van der Waals surface area (Å²) in [5.41, 5.74) is 1.08. The SMILES string of the molecule is CCN(C(=O)OCCl)[C@@H](C)Cc1ccc2c(c1)OCO2. The maximum atomic E-state index is 11.8. The van der Waals surface area contributed by atoms with Crippen molar-refractivity contribution in [2.75, 3.05) is 19.4 Å². The molecular weight excluding hydrogens is 282 g/mol. The Hall–Kier alpha value is -1.62. The van der Waals surface area contributed by atoms with Gasteiger partial charge >= 0.3 is 6.09 Å². The third kappa shape index (κ3) is 3.28. The number of rotatable bonds is 5. The molecule has 0 saturated heterocycles. The highest BCUT2D eigenvalue weighted by atomic mass is 35.5. The molecule has 0 N–H and O–H groups in total. The summed E-state index contributed by atoms with van der Waals surface area (Å²) in [6.45, 7) is 4.72. The number of carbonyl (C=O) groups excluding carboxylic acids is 1. The molecule has 0 radical (unpaired) electrons. The summed E-state index contributed by atoms with van der Waals surface area (Å²) in [5.74, 6) is 1.51. The van der Waals surface area contributed by atoms with Gasteiger partial charge in [0.25, 0.3) is 0 Å². The van der Waals surface area contributed by atoms with E-state index in [1.807, 2.05) is 32.0 Å². The van der Waals surface area contributed by atoms with Gasteiger partial charge in [0, 0.05) is 12.6 Å². The van der Waals surface area contributed by atoms with Gasteiger partial charge in [-0.05, 0) is 38.0 Å². The van der Waals surface area contributed by atoms with Crippen molar-refractivity contribution in [3.63, 3.8) is 0 Å². The third-order valence-electron chi connectivity index (χ3n) is 3.25. The Labute approximate surface area is 123 Å². The van der Waals surface area contributed by atoms with Crippen LogP contribution in [0.15, 0.2) is 18.2 Å². The van der Waals surface area contributed by atoms with Gasteiger partial charge < -0.3 is 19.1 Å². The van der Waals surface area contributed by atoms with Crippen LogP contribution in [0.2, 0.25) is 0 Å². The predicted octanol–water partition coefficient (Wildman–Crippen LogP) is 3.00. The molecule has 5 nitrogen and oxygen atoms in total. The molecule has 1 aliphatic rings. The van der Waals surface area contributed by atoms with Gasteiger partial charge in [-0.25, -0.2) is 4.79 Å². The molecule has 0 saturated carbocycles. The van der Waals surface area contributed by atoms with E-state index in [1.54, 1.807) is 4.90 Å². The third-order valence-corrected chi connectivity index (χ3v) is 3.36. The van der Waals surface area contributed by atoms with Crippen molar-refractivity contribution in [3.8, 4) is 11.5 Å². The number of carbonyl (C=O) groups is 1. The van der Waals surface area contributed by atoms with Gasteiger partial charge in [-0.15, -0.1) is 0 Å². The van der Waals surface area contributed by atoms with Crippen molar-refractivity contribution < 1.29 is 19.0 Å². The molecule has 0 unspecified atom stereocenters. The topological polar surface area (TPSA) is 48.0 Å². The smallest absolute Gasteiger partial charge is 0.411 e. The molecule has 1 heterocycles. The van der Waals surface area contributed by atoms with E-state index < -0.39 is 6.09 Å². The van der Waals surface area contributed by atoms with E-state index in [2.05, 4.69) is 0 Å². The second-order valence-electron chi connectivity index (χ2n) is 4.55. The van der Waals surface area contributed by atoms with Gasteiger partial charge in [-0.1, -0.05) is 17.7 Å². The summed E-state index contributed by atoms with van der Waals surface area (Å²) in [5, 5.41) is 0. The molecule has 0 bridgehead atoms. The zero-order valence-corrected chi connectivity index (χ0v) is 12.4. The van der Waals surface area contributed by atoms with Gasteiger partial charge in [0.2, 0.25) is 6.79 Å². The van der Waals surface area contributed by atoms with Gasteiger partial charge in [0.1, 0.15) is 0 Å². The Morgan fingerprint density at radius 3 is 2.90 bits per heavy atom. The fourth-order valence-electron chi connectivity index (χ4n) is 2.27. The Balaban J connectivity index is 2.02. The van der Waals surface area contributed by atoms with Gasteiger partial charge in [-0.3, -0.25) is 0 Å². The quantitative estimate of drug-likeness (QED) is 0.784. The molecule has 20 heavy (non-hydrogen) atoms. The number of hydrogen-bond donors (Lipinski definition) is 0. The summed E-state index contributed by atoms with van der Waals surface area (Å²) < 4.78 is 15.5. The number of amides is 1. The van der Waals surface area contributed by atoms with Crippen LogP contribution in [0.5, 0.6) is 11.5 Å². The Bertz CT molecular complexity index is 480. The van der Waals surface area contributed by atoms with Crippen LogP contribution in [0.4, 0.5) is 4.79 Å². The molecule has 1 atom stereocenters. The number of hydrogen-bond acceptors (Lipinski definition) is 4. The summed E-state index contributed by atoms with van der Waals surface area (Å²) in [4.78, 5) is 13.4. The second-order valence-corrected chi connectivity index (χ2v) is 4.76. The minimum absolute atomic E-state index is 0.0103. The molecule has 0 aliphatic carbocycles. The lowest BCUT2D eigenvalue weighted by Crippen LogP contribution is -2.39. The van der Waals surface area contributed by atoms with Crippen molar-refractivity contribution in [2.45, 2.75) is 26.3 Å². The summed E-state index contributed by atoms with van der Waals surface area (Å²) in [7, 11) is 0. The van der Waals surface area contributed by atoms with E-state index in [0.717, 1.165) is 17.1 Å². The highest BCUT2D eigenvalue weighted by molar-refractivity contribution is 6.17. The van der Waals surface area contributed by atoms with E-state index >= 15 is 0 Å². The molecule has 110 valence electrons. The summed E-state index contributed by atoms with van der Waals surface area (Å²) in [6.07, 6.45) is 0.317. The van der Waals surface area contributed by atoms with Crippen LogP contribution in [-0.4, -0.2) is 36.4 Å². The largest absolute Gasteiger partial charge is 0.454 e. The predicted molar refractivity (Wildman–Crippen MR) is 75.3 cm³/mol. The number of likely N-dealkylation sites (N-methyl/N-ethyl adjacent to an activating group) is 1. The van der Waals surface area contributed by atoms with E-state index in [0.29, 0.717) is 13.0 Å².